The molecule has 2 aliphatic carbocycles. The highest BCUT2D eigenvalue weighted by Gasteiger charge is 2.52. The van der Waals surface area contributed by atoms with Gasteiger partial charge in [-0.3, -0.25) is 0 Å². The lowest BCUT2D eigenvalue weighted by molar-refractivity contribution is 0.796. The van der Waals surface area contributed by atoms with Crippen molar-refractivity contribution in [3.63, 3.8) is 0 Å². The van der Waals surface area contributed by atoms with E-state index in [1.807, 2.05) is 0 Å². The average molecular weight is 719 g/mol. The fraction of sp³-hybridized carbons (Fsp3) is 0.0175. The minimum atomic E-state index is -0.475. The van der Waals surface area contributed by atoms with Crippen molar-refractivity contribution in [1.82, 2.24) is 0 Å². The van der Waals surface area contributed by atoms with Gasteiger partial charge in [-0.05, 0) is 145 Å². The average Bonchev–Trinajstić information content (AvgIpc) is 3.73. The first-order valence-electron chi connectivity index (χ1n) is 20.0. The Morgan fingerprint density at radius 3 is 1.30 bits per heavy atom. The lowest BCUT2D eigenvalue weighted by atomic mass is 9.69. The Bertz CT molecular complexity index is 3430. The zero-order valence-electron chi connectivity index (χ0n) is 31.1. The Morgan fingerprint density at radius 1 is 0.228 bits per heavy atom. The summed E-state index contributed by atoms with van der Waals surface area (Å²) < 4.78 is 0. The standard InChI is InChI=1S/C57H34/c1-2-16-36-31-39(30-29-35(36)15-1)54-44-23-7-9-25-46(44)55(47-26-10-8-24-45(47)54)48-34-53-56(43-22-6-5-19-40(43)48)49-32-37-17-3-4-18-38(37)33-52(49)57(53)50-27-13-11-20-41(50)42-21-12-14-28-51(42)57/h1-34H. The molecule has 0 heterocycles. The van der Waals surface area contributed by atoms with Crippen LogP contribution in [0, 0.1) is 0 Å². The molecule has 13 rings (SSSR count). The maximum absolute atomic E-state index is 2.60. The van der Waals surface area contributed by atoms with Gasteiger partial charge < -0.3 is 0 Å². The number of hydrogen-bond acceptors (Lipinski definition) is 0. The van der Waals surface area contributed by atoms with Gasteiger partial charge in [0.2, 0.25) is 0 Å². The minimum absolute atomic E-state index is 0.475. The van der Waals surface area contributed by atoms with Crippen molar-refractivity contribution in [3.05, 3.63) is 229 Å². The summed E-state index contributed by atoms with van der Waals surface area (Å²) >= 11 is 0. The molecule has 11 aromatic carbocycles. The van der Waals surface area contributed by atoms with Crippen molar-refractivity contribution >= 4 is 53.9 Å². The van der Waals surface area contributed by atoms with Crippen LogP contribution in [0.15, 0.2) is 206 Å². The van der Waals surface area contributed by atoms with Crippen LogP contribution in [0.3, 0.4) is 0 Å². The molecule has 0 bridgehead atoms. The Hall–Kier alpha value is -7.28. The summed E-state index contributed by atoms with van der Waals surface area (Å²) in [5, 5.41) is 12.7. The molecule has 0 nitrogen and oxygen atoms in total. The van der Waals surface area contributed by atoms with Crippen molar-refractivity contribution in [2.24, 2.45) is 0 Å². The van der Waals surface area contributed by atoms with Crippen molar-refractivity contribution in [3.8, 4) is 44.5 Å². The quantitative estimate of drug-likeness (QED) is 0.156. The largest absolute Gasteiger partial charge is 0.0726 e. The third kappa shape index (κ3) is 4.02. The summed E-state index contributed by atoms with van der Waals surface area (Å²) in [5.41, 5.74) is 15.4. The van der Waals surface area contributed by atoms with Crippen molar-refractivity contribution in [2.75, 3.05) is 0 Å². The van der Waals surface area contributed by atoms with E-state index in [1.165, 1.54) is 121 Å². The third-order valence-electron chi connectivity index (χ3n) is 13.2. The van der Waals surface area contributed by atoms with Crippen LogP contribution in [0.4, 0.5) is 0 Å². The SMILES string of the molecule is c1ccc2c(c1)-c1ccccc1C21c2cc3ccccc3cc2-c2c1cc(-c1c3ccccc3c(-c3ccc4ccccc4c3)c3ccccc13)c1ccccc21. The van der Waals surface area contributed by atoms with Crippen molar-refractivity contribution in [1.29, 1.82) is 0 Å². The lowest BCUT2D eigenvalue weighted by Gasteiger charge is -2.31. The number of hydrogen-bond donors (Lipinski definition) is 0. The summed E-state index contributed by atoms with van der Waals surface area (Å²) in [6.07, 6.45) is 0. The lowest BCUT2D eigenvalue weighted by Crippen LogP contribution is -2.26. The molecule has 0 aromatic heterocycles. The first-order chi connectivity index (χ1) is 28.3. The zero-order valence-corrected chi connectivity index (χ0v) is 31.1. The van der Waals surface area contributed by atoms with Gasteiger partial charge in [-0.25, -0.2) is 0 Å². The Labute approximate surface area is 330 Å². The van der Waals surface area contributed by atoms with Crippen molar-refractivity contribution in [2.45, 2.75) is 5.41 Å². The minimum Gasteiger partial charge on any atom is -0.0619 e. The first kappa shape index (κ1) is 31.0. The molecule has 0 fully saturated rings. The van der Waals surface area contributed by atoms with E-state index in [0.29, 0.717) is 0 Å². The molecule has 262 valence electrons. The maximum atomic E-state index is 2.60. The third-order valence-corrected chi connectivity index (χ3v) is 13.2. The molecular formula is C57H34. The van der Waals surface area contributed by atoms with Crippen LogP contribution < -0.4 is 0 Å². The van der Waals surface area contributed by atoms with Crippen LogP contribution in [-0.2, 0) is 5.41 Å². The highest BCUT2D eigenvalue weighted by atomic mass is 14.5. The molecule has 0 amide bonds. The fourth-order valence-electron chi connectivity index (χ4n) is 11.0. The fourth-order valence-corrected chi connectivity index (χ4v) is 11.0. The van der Waals surface area contributed by atoms with Gasteiger partial charge >= 0.3 is 0 Å². The first-order valence-corrected chi connectivity index (χ1v) is 20.0. The molecular weight excluding hydrogens is 685 g/mol. The van der Waals surface area contributed by atoms with E-state index in [4.69, 9.17) is 0 Å². The van der Waals surface area contributed by atoms with Gasteiger partial charge in [0.15, 0.2) is 0 Å². The van der Waals surface area contributed by atoms with Gasteiger partial charge in [-0.2, -0.15) is 0 Å². The molecule has 2 aliphatic rings. The van der Waals surface area contributed by atoms with Gasteiger partial charge in [-0.15, -0.1) is 0 Å². The number of fused-ring (bicyclic) bond motifs is 16. The molecule has 11 aromatic rings. The molecule has 0 aliphatic heterocycles. The van der Waals surface area contributed by atoms with Crippen LogP contribution in [0.5, 0.6) is 0 Å². The van der Waals surface area contributed by atoms with Crippen LogP contribution >= 0.6 is 0 Å². The Balaban J connectivity index is 1.21. The van der Waals surface area contributed by atoms with E-state index >= 15 is 0 Å². The maximum Gasteiger partial charge on any atom is 0.0726 e. The van der Waals surface area contributed by atoms with Gasteiger partial charge in [0, 0.05) is 0 Å². The van der Waals surface area contributed by atoms with Gasteiger partial charge in [0.1, 0.15) is 0 Å². The van der Waals surface area contributed by atoms with E-state index in [0.717, 1.165) is 0 Å². The summed E-state index contributed by atoms with van der Waals surface area (Å²) in [6.45, 7) is 0. The van der Waals surface area contributed by atoms with Crippen molar-refractivity contribution < 1.29 is 0 Å². The molecule has 1 spiro atoms. The topological polar surface area (TPSA) is 0 Å². The molecule has 0 saturated carbocycles. The summed E-state index contributed by atoms with van der Waals surface area (Å²) in [6, 6.07) is 77.8. The molecule has 0 N–H and O–H groups in total. The highest BCUT2D eigenvalue weighted by Crippen LogP contribution is 2.65. The molecule has 0 saturated heterocycles. The second kappa shape index (κ2) is 11.4. The Morgan fingerprint density at radius 2 is 0.684 bits per heavy atom. The summed E-state index contributed by atoms with van der Waals surface area (Å²) in [5.74, 6) is 0. The second-order valence-electron chi connectivity index (χ2n) is 15.9. The van der Waals surface area contributed by atoms with Gasteiger partial charge in [-0.1, -0.05) is 182 Å². The van der Waals surface area contributed by atoms with Crippen LogP contribution in [0.1, 0.15) is 22.3 Å². The summed E-state index contributed by atoms with van der Waals surface area (Å²) in [4.78, 5) is 0. The van der Waals surface area contributed by atoms with E-state index in [-0.39, 0.29) is 0 Å². The van der Waals surface area contributed by atoms with Crippen LogP contribution in [0.25, 0.3) is 98.4 Å². The number of benzene rings is 11. The smallest absolute Gasteiger partial charge is 0.0619 e. The molecule has 0 unspecified atom stereocenters. The zero-order chi connectivity index (χ0) is 37.2. The van der Waals surface area contributed by atoms with E-state index < -0.39 is 5.41 Å². The highest BCUT2D eigenvalue weighted by molar-refractivity contribution is 6.25. The molecule has 0 heteroatoms. The number of rotatable bonds is 2. The molecule has 0 radical (unpaired) electrons. The predicted molar refractivity (Wildman–Crippen MR) is 241 cm³/mol. The van der Waals surface area contributed by atoms with E-state index in [9.17, 15) is 0 Å². The molecule has 0 atom stereocenters. The van der Waals surface area contributed by atoms with E-state index in [2.05, 4.69) is 206 Å². The van der Waals surface area contributed by atoms with E-state index in [1.54, 1.807) is 0 Å². The van der Waals surface area contributed by atoms with Crippen LogP contribution in [-0.4, -0.2) is 0 Å². The van der Waals surface area contributed by atoms with Crippen LogP contribution in [0.2, 0.25) is 0 Å². The monoisotopic (exact) mass is 718 g/mol. The van der Waals surface area contributed by atoms with Gasteiger partial charge in [0.05, 0.1) is 5.41 Å². The summed E-state index contributed by atoms with van der Waals surface area (Å²) in [7, 11) is 0. The second-order valence-corrected chi connectivity index (χ2v) is 15.9. The predicted octanol–water partition coefficient (Wildman–Crippen LogP) is 15.1. The normalized spacial score (nSPS) is 13.4. The Kier molecular flexibility index (Phi) is 6.19. The van der Waals surface area contributed by atoms with Gasteiger partial charge in [0.25, 0.3) is 0 Å². The molecule has 57 heavy (non-hydrogen) atoms.